The second kappa shape index (κ2) is 3.02. The largest absolute Gasteiger partial charge is 0.457 e. The number of hydrogen-bond acceptors (Lipinski definition) is 1. The van der Waals surface area contributed by atoms with Crippen LogP contribution in [0.1, 0.15) is 37.2 Å². The standard InChI is InChI=1S/C9H11BrO/c10-9-5-8(6-11-9)7-3-1-2-4-7/h5-7H,1-4H2. The molecule has 1 fully saturated rings. The summed E-state index contributed by atoms with van der Waals surface area (Å²) in [6, 6.07) is 2.09. The SMILES string of the molecule is Brc1cc(C2CCCC2)co1. The van der Waals surface area contributed by atoms with Crippen LogP contribution < -0.4 is 0 Å². The molecule has 1 aromatic heterocycles. The Labute approximate surface area is 74.9 Å². The Morgan fingerprint density at radius 3 is 2.64 bits per heavy atom. The highest BCUT2D eigenvalue weighted by Gasteiger charge is 2.18. The molecule has 60 valence electrons. The number of rotatable bonds is 1. The van der Waals surface area contributed by atoms with Gasteiger partial charge in [-0.15, -0.1) is 0 Å². The van der Waals surface area contributed by atoms with E-state index in [1.54, 1.807) is 0 Å². The minimum atomic E-state index is 0.769. The summed E-state index contributed by atoms with van der Waals surface area (Å²) in [5.41, 5.74) is 1.37. The lowest BCUT2D eigenvalue weighted by molar-refractivity contribution is 0.534. The third-order valence-electron chi connectivity index (χ3n) is 2.41. The molecule has 0 N–H and O–H groups in total. The molecule has 1 heterocycles. The molecule has 1 saturated carbocycles. The first kappa shape index (κ1) is 7.41. The Morgan fingerprint density at radius 1 is 1.36 bits per heavy atom. The van der Waals surface area contributed by atoms with Gasteiger partial charge in [0.25, 0.3) is 0 Å². The predicted molar refractivity (Wildman–Crippen MR) is 47.6 cm³/mol. The fraction of sp³-hybridized carbons (Fsp3) is 0.556. The summed E-state index contributed by atoms with van der Waals surface area (Å²) in [7, 11) is 0. The Morgan fingerprint density at radius 2 is 2.09 bits per heavy atom. The minimum absolute atomic E-state index is 0.769. The van der Waals surface area contributed by atoms with Crippen molar-refractivity contribution >= 4 is 15.9 Å². The molecule has 1 aliphatic rings. The van der Waals surface area contributed by atoms with Gasteiger partial charge in [-0.2, -0.15) is 0 Å². The predicted octanol–water partition coefficient (Wildman–Crippen LogP) is 3.70. The Kier molecular flexibility index (Phi) is 2.03. The second-order valence-corrected chi connectivity index (χ2v) is 3.95. The van der Waals surface area contributed by atoms with E-state index in [-0.39, 0.29) is 0 Å². The van der Waals surface area contributed by atoms with Crippen LogP contribution >= 0.6 is 15.9 Å². The van der Waals surface area contributed by atoms with E-state index in [9.17, 15) is 0 Å². The number of halogens is 1. The van der Waals surface area contributed by atoms with Crippen molar-refractivity contribution in [1.82, 2.24) is 0 Å². The molecule has 2 heteroatoms. The van der Waals surface area contributed by atoms with Gasteiger partial charge in [0, 0.05) is 0 Å². The molecule has 0 bridgehead atoms. The fourth-order valence-corrected chi connectivity index (χ4v) is 2.15. The molecule has 2 rings (SSSR count). The molecule has 1 aliphatic carbocycles. The Balaban J connectivity index is 2.15. The molecule has 0 spiro atoms. The van der Waals surface area contributed by atoms with Crippen LogP contribution in [0.25, 0.3) is 0 Å². The molecule has 0 aromatic carbocycles. The van der Waals surface area contributed by atoms with Crippen LogP contribution in [0.2, 0.25) is 0 Å². The van der Waals surface area contributed by atoms with Gasteiger partial charge in [0.2, 0.25) is 0 Å². The van der Waals surface area contributed by atoms with E-state index >= 15 is 0 Å². The molecule has 1 nitrogen and oxygen atoms in total. The zero-order valence-corrected chi connectivity index (χ0v) is 7.93. The Bertz CT molecular complexity index is 235. The van der Waals surface area contributed by atoms with Crippen molar-refractivity contribution in [3.63, 3.8) is 0 Å². The van der Waals surface area contributed by atoms with E-state index in [1.165, 1.54) is 31.2 Å². The Hall–Kier alpha value is -0.240. The highest BCUT2D eigenvalue weighted by molar-refractivity contribution is 9.10. The van der Waals surface area contributed by atoms with Gasteiger partial charge in [0.1, 0.15) is 0 Å². The summed E-state index contributed by atoms with van der Waals surface area (Å²) >= 11 is 3.31. The van der Waals surface area contributed by atoms with Gasteiger partial charge in [-0.3, -0.25) is 0 Å². The van der Waals surface area contributed by atoms with Gasteiger partial charge < -0.3 is 4.42 Å². The van der Waals surface area contributed by atoms with E-state index in [0.29, 0.717) is 0 Å². The van der Waals surface area contributed by atoms with E-state index < -0.39 is 0 Å². The first-order valence-corrected chi connectivity index (χ1v) is 4.89. The van der Waals surface area contributed by atoms with Crippen molar-refractivity contribution in [1.29, 1.82) is 0 Å². The summed E-state index contributed by atoms with van der Waals surface area (Å²) < 4.78 is 6.05. The van der Waals surface area contributed by atoms with Crippen LogP contribution in [0.5, 0.6) is 0 Å². The minimum Gasteiger partial charge on any atom is -0.457 e. The van der Waals surface area contributed by atoms with Crippen LogP contribution in [-0.4, -0.2) is 0 Å². The second-order valence-electron chi connectivity index (χ2n) is 3.17. The highest BCUT2D eigenvalue weighted by Crippen LogP contribution is 2.35. The third kappa shape index (κ3) is 1.51. The van der Waals surface area contributed by atoms with E-state index in [4.69, 9.17) is 4.42 Å². The van der Waals surface area contributed by atoms with Gasteiger partial charge in [0.05, 0.1) is 6.26 Å². The molecule has 0 saturated heterocycles. The molecule has 11 heavy (non-hydrogen) atoms. The lowest BCUT2D eigenvalue weighted by Crippen LogP contribution is -1.87. The maximum absolute atomic E-state index is 5.19. The van der Waals surface area contributed by atoms with Crippen molar-refractivity contribution in [2.75, 3.05) is 0 Å². The van der Waals surface area contributed by atoms with Gasteiger partial charge in [-0.1, -0.05) is 12.8 Å². The van der Waals surface area contributed by atoms with Crippen molar-refractivity contribution < 1.29 is 4.42 Å². The molecular formula is C9H11BrO. The summed E-state index contributed by atoms with van der Waals surface area (Å²) in [4.78, 5) is 0. The molecular weight excluding hydrogens is 204 g/mol. The smallest absolute Gasteiger partial charge is 0.169 e. The van der Waals surface area contributed by atoms with Crippen molar-refractivity contribution in [3.8, 4) is 0 Å². The molecule has 0 unspecified atom stereocenters. The lowest BCUT2D eigenvalue weighted by Gasteiger charge is -2.02. The van der Waals surface area contributed by atoms with Crippen molar-refractivity contribution in [2.24, 2.45) is 0 Å². The third-order valence-corrected chi connectivity index (χ3v) is 2.83. The lowest BCUT2D eigenvalue weighted by atomic mass is 10.0. The first-order valence-electron chi connectivity index (χ1n) is 4.10. The summed E-state index contributed by atoms with van der Waals surface area (Å²) in [5.74, 6) is 0.769. The number of furan rings is 1. The van der Waals surface area contributed by atoms with Crippen LogP contribution in [0.3, 0.4) is 0 Å². The maximum Gasteiger partial charge on any atom is 0.169 e. The van der Waals surface area contributed by atoms with Crippen molar-refractivity contribution in [2.45, 2.75) is 31.6 Å². The highest BCUT2D eigenvalue weighted by atomic mass is 79.9. The summed E-state index contributed by atoms with van der Waals surface area (Å²) in [6.45, 7) is 0. The zero-order valence-electron chi connectivity index (χ0n) is 6.35. The first-order chi connectivity index (χ1) is 5.36. The van der Waals surface area contributed by atoms with Crippen LogP contribution in [0.15, 0.2) is 21.4 Å². The van der Waals surface area contributed by atoms with E-state index in [2.05, 4.69) is 22.0 Å². The average Bonchev–Trinajstić information content (AvgIpc) is 2.55. The molecule has 0 atom stereocenters. The van der Waals surface area contributed by atoms with Crippen molar-refractivity contribution in [3.05, 3.63) is 22.6 Å². The summed E-state index contributed by atoms with van der Waals surface area (Å²) in [5, 5.41) is 0. The fourth-order valence-electron chi connectivity index (χ4n) is 1.80. The molecule has 1 aromatic rings. The van der Waals surface area contributed by atoms with Crippen LogP contribution in [0, 0.1) is 0 Å². The average molecular weight is 215 g/mol. The number of hydrogen-bond donors (Lipinski definition) is 0. The van der Waals surface area contributed by atoms with Gasteiger partial charge in [-0.25, -0.2) is 0 Å². The normalized spacial score (nSPS) is 19.4. The van der Waals surface area contributed by atoms with Crippen LogP contribution in [-0.2, 0) is 0 Å². The van der Waals surface area contributed by atoms with E-state index in [0.717, 1.165) is 10.6 Å². The van der Waals surface area contributed by atoms with Gasteiger partial charge in [0.15, 0.2) is 4.67 Å². The van der Waals surface area contributed by atoms with Gasteiger partial charge >= 0.3 is 0 Å². The monoisotopic (exact) mass is 214 g/mol. The zero-order chi connectivity index (χ0) is 7.68. The molecule has 0 amide bonds. The van der Waals surface area contributed by atoms with Crippen LogP contribution in [0.4, 0.5) is 0 Å². The quantitative estimate of drug-likeness (QED) is 0.696. The van der Waals surface area contributed by atoms with Gasteiger partial charge in [-0.05, 0) is 46.3 Å². The maximum atomic E-state index is 5.19. The molecule has 0 radical (unpaired) electrons. The van der Waals surface area contributed by atoms with E-state index in [1.807, 2.05) is 6.26 Å². The summed E-state index contributed by atoms with van der Waals surface area (Å²) in [6.07, 6.45) is 7.32. The molecule has 0 aliphatic heterocycles. The topological polar surface area (TPSA) is 13.1 Å².